The molecule has 0 aliphatic rings. The van der Waals surface area contributed by atoms with Gasteiger partial charge < -0.3 is 4.74 Å². The molecule has 2 aromatic rings. The number of ether oxygens (including phenoxy) is 1. The maximum Gasteiger partial charge on any atom is 0.177 e. The van der Waals surface area contributed by atoms with Crippen LogP contribution in [0.15, 0.2) is 40.2 Å². The highest BCUT2D eigenvalue weighted by atomic mass is 79.9. The van der Waals surface area contributed by atoms with Crippen molar-refractivity contribution in [2.75, 3.05) is 7.11 Å². The standard InChI is InChI=1S/C13H11BrO2S/c1-16-10-7-13(17-8-10)12(15)6-9-4-2-3-5-11(9)14/h2-5,7-8H,6H2,1H3. The number of ketones is 1. The Morgan fingerprint density at radius 3 is 2.82 bits per heavy atom. The first-order valence-electron chi connectivity index (χ1n) is 5.10. The van der Waals surface area contributed by atoms with E-state index in [-0.39, 0.29) is 5.78 Å². The van der Waals surface area contributed by atoms with Gasteiger partial charge in [0.15, 0.2) is 5.78 Å². The lowest BCUT2D eigenvalue weighted by molar-refractivity contribution is 0.0996. The van der Waals surface area contributed by atoms with Crippen LogP contribution in [-0.4, -0.2) is 12.9 Å². The van der Waals surface area contributed by atoms with Crippen molar-refractivity contribution in [3.8, 4) is 5.75 Å². The third-order valence-electron chi connectivity index (χ3n) is 2.39. The van der Waals surface area contributed by atoms with Crippen LogP contribution in [0.2, 0.25) is 0 Å². The first-order valence-corrected chi connectivity index (χ1v) is 6.77. The summed E-state index contributed by atoms with van der Waals surface area (Å²) in [4.78, 5) is 12.8. The van der Waals surface area contributed by atoms with Crippen LogP contribution in [-0.2, 0) is 6.42 Å². The summed E-state index contributed by atoms with van der Waals surface area (Å²) in [6.45, 7) is 0. The fraction of sp³-hybridized carbons (Fsp3) is 0.154. The van der Waals surface area contributed by atoms with E-state index in [9.17, 15) is 4.79 Å². The Balaban J connectivity index is 2.14. The van der Waals surface area contributed by atoms with Crippen molar-refractivity contribution >= 4 is 33.0 Å². The molecule has 0 unspecified atom stereocenters. The summed E-state index contributed by atoms with van der Waals surface area (Å²) < 4.78 is 6.04. The van der Waals surface area contributed by atoms with Crippen molar-refractivity contribution in [1.82, 2.24) is 0 Å². The van der Waals surface area contributed by atoms with E-state index in [0.29, 0.717) is 6.42 Å². The van der Waals surface area contributed by atoms with Gasteiger partial charge in [-0.15, -0.1) is 11.3 Å². The SMILES string of the molecule is COc1csc(C(=O)Cc2ccccc2Br)c1. The smallest absolute Gasteiger partial charge is 0.177 e. The second kappa shape index (κ2) is 5.47. The molecule has 17 heavy (non-hydrogen) atoms. The molecule has 0 aliphatic heterocycles. The van der Waals surface area contributed by atoms with Crippen molar-refractivity contribution in [2.24, 2.45) is 0 Å². The topological polar surface area (TPSA) is 26.3 Å². The van der Waals surface area contributed by atoms with E-state index in [1.165, 1.54) is 11.3 Å². The van der Waals surface area contributed by atoms with E-state index < -0.39 is 0 Å². The van der Waals surface area contributed by atoms with Crippen LogP contribution in [0.3, 0.4) is 0 Å². The molecule has 0 bridgehead atoms. The molecule has 0 amide bonds. The molecule has 0 N–H and O–H groups in total. The number of hydrogen-bond acceptors (Lipinski definition) is 3. The van der Waals surface area contributed by atoms with Gasteiger partial charge in [-0.05, 0) is 11.6 Å². The minimum Gasteiger partial charge on any atom is -0.496 e. The van der Waals surface area contributed by atoms with Crippen molar-refractivity contribution in [2.45, 2.75) is 6.42 Å². The number of benzene rings is 1. The maximum atomic E-state index is 12.0. The van der Waals surface area contributed by atoms with E-state index in [1.807, 2.05) is 29.6 Å². The van der Waals surface area contributed by atoms with Crippen molar-refractivity contribution < 1.29 is 9.53 Å². The Bertz CT molecular complexity index is 534. The third-order valence-corrected chi connectivity index (χ3v) is 4.12. The lowest BCUT2D eigenvalue weighted by atomic mass is 10.1. The van der Waals surface area contributed by atoms with Crippen LogP contribution in [0.1, 0.15) is 15.2 Å². The fourth-order valence-electron chi connectivity index (χ4n) is 1.47. The Morgan fingerprint density at radius 1 is 1.41 bits per heavy atom. The van der Waals surface area contributed by atoms with E-state index in [1.54, 1.807) is 13.2 Å². The highest BCUT2D eigenvalue weighted by molar-refractivity contribution is 9.10. The zero-order valence-corrected chi connectivity index (χ0v) is 11.7. The lowest BCUT2D eigenvalue weighted by Crippen LogP contribution is -2.01. The molecule has 88 valence electrons. The number of methoxy groups -OCH3 is 1. The number of thiophene rings is 1. The van der Waals surface area contributed by atoms with E-state index in [0.717, 1.165) is 20.7 Å². The van der Waals surface area contributed by atoms with Crippen LogP contribution in [0, 0.1) is 0 Å². The average Bonchev–Trinajstić information content (AvgIpc) is 2.81. The summed E-state index contributed by atoms with van der Waals surface area (Å²) in [6.07, 6.45) is 0.408. The summed E-state index contributed by atoms with van der Waals surface area (Å²) in [5.41, 5.74) is 1.00. The molecule has 0 saturated carbocycles. The van der Waals surface area contributed by atoms with Gasteiger partial charge in [0.2, 0.25) is 0 Å². The number of halogens is 1. The van der Waals surface area contributed by atoms with Crippen LogP contribution >= 0.6 is 27.3 Å². The maximum absolute atomic E-state index is 12.0. The Labute approximate surface area is 112 Å². The van der Waals surface area contributed by atoms with Gasteiger partial charge >= 0.3 is 0 Å². The number of rotatable bonds is 4. The number of Topliss-reactive ketones (excluding diaryl/α,β-unsaturated/α-hetero) is 1. The summed E-state index contributed by atoms with van der Waals surface area (Å²) in [5.74, 6) is 0.857. The van der Waals surface area contributed by atoms with Gasteiger partial charge in [0.25, 0.3) is 0 Å². The second-order valence-corrected chi connectivity index (χ2v) is 5.31. The van der Waals surface area contributed by atoms with E-state index >= 15 is 0 Å². The largest absolute Gasteiger partial charge is 0.496 e. The van der Waals surface area contributed by atoms with Crippen LogP contribution < -0.4 is 4.74 Å². The first kappa shape index (κ1) is 12.3. The highest BCUT2D eigenvalue weighted by Crippen LogP contribution is 2.24. The molecule has 1 aromatic carbocycles. The van der Waals surface area contributed by atoms with Crippen molar-refractivity contribution in [3.05, 3.63) is 50.6 Å². The third kappa shape index (κ3) is 2.96. The minimum absolute atomic E-state index is 0.116. The molecule has 0 radical (unpaired) electrons. The normalized spacial score (nSPS) is 10.2. The van der Waals surface area contributed by atoms with Gasteiger partial charge in [-0.25, -0.2) is 0 Å². The molecule has 1 aromatic heterocycles. The van der Waals surface area contributed by atoms with Gasteiger partial charge in [0.05, 0.1) is 12.0 Å². The Kier molecular flexibility index (Phi) is 3.97. The minimum atomic E-state index is 0.116. The first-order chi connectivity index (χ1) is 8.20. The average molecular weight is 311 g/mol. The number of carbonyl (C=O) groups excluding carboxylic acids is 1. The molecular weight excluding hydrogens is 300 g/mol. The predicted molar refractivity (Wildman–Crippen MR) is 73.0 cm³/mol. The van der Waals surface area contributed by atoms with Crippen molar-refractivity contribution in [1.29, 1.82) is 0 Å². The monoisotopic (exact) mass is 310 g/mol. The van der Waals surface area contributed by atoms with Gasteiger partial charge in [-0.1, -0.05) is 34.1 Å². The predicted octanol–water partition coefficient (Wildman–Crippen LogP) is 3.94. The molecule has 0 aliphatic carbocycles. The van der Waals surface area contributed by atoms with E-state index in [2.05, 4.69) is 15.9 Å². The molecule has 4 heteroatoms. The van der Waals surface area contributed by atoms with E-state index in [4.69, 9.17) is 4.74 Å². The van der Waals surface area contributed by atoms with Crippen LogP contribution in [0.4, 0.5) is 0 Å². The Hall–Kier alpha value is -1.13. The van der Waals surface area contributed by atoms with Crippen molar-refractivity contribution in [3.63, 3.8) is 0 Å². The molecule has 0 spiro atoms. The quantitative estimate of drug-likeness (QED) is 0.799. The van der Waals surface area contributed by atoms with Gasteiger partial charge in [0.1, 0.15) is 5.75 Å². The molecular formula is C13H11BrO2S. The zero-order valence-electron chi connectivity index (χ0n) is 9.27. The van der Waals surface area contributed by atoms with Crippen LogP contribution in [0.5, 0.6) is 5.75 Å². The number of hydrogen-bond donors (Lipinski definition) is 0. The molecule has 2 nitrogen and oxygen atoms in total. The summed E-state index contributed by atoms with van der Waals surface area (Å²) >= 11 is 4.86. The lowest BCUT2D eigenvalue weighted by Gasteiger charge is -2.01. The fourth-order valence-corrected chi connectivity index (χ4v) is 2.69. The van der Waals surface area contributed by atoms with Gasteiger partial charge in [-0.3, -0.25) is 4.79 Å². The summed E-state index contributed by atoms with van der Waals surface area (Å²) in [5, 5.41) is 1.84. The zero-order chi connectivity index (χ0) is 12.3. The van der Waals surface area contributed by atoms with Gasteiger partial charge in [0, 0.05) is 22.3 Å². The molecule has 0 saturated heterocycles. The molecule has 0 atom stereocenters. The molecule has 1 heterocycles. The Morgan fingerprint density at radius 2 is 2.18 bits per heavy atom. The van der Waals surface area contributed by atoms with Gasteiger partial charge in [-0.2, -0.15) is 0 Å². The summed E-state index contributed by atoms with van der Waals surface area (Å²) in [6, 6.07) is 9.54. The van der Waals surface area contributed by atoms with Crippen LogP contribution in [0.25, 0.3) is 0 Å². The molecule has 0 fully saturated rings. The number of carbonyl (C=O) groups is 1. The second-order valence-electron chi connectivity index (χ2n) is 3.54. The summed E-state index contributed by atoms with van der Waals surface area (Å²) in [7, 11) is 1.60. The molecule has 2 rings (SSSR count). The highest BCUT2D eigenvalue weighted by Gasteiger charge is 2.11.